The number of nitrogens with one attached hydrogen (secondary N) is 1. The number of aryl methyl sites for hydroxylation is 1. The van der Waals surface area contributed by atoms with Gasteiger partial charge >= 0.3 is 0 Å². The van der Waals surface area contributed by atoms with Crippen molar-refractivity contribution in [2.45, 2.75) is 20.8 Å². The predicted molar refractivity (Wildman–Crippen MR) is 77.5 cm³/mol. The summed E-state index contributed by atoms with van der Waals surface area (Å²) in [6.45, 7) is 9.83. The summed E-state index contributed by atoms with van der Waals surface area (Å²) in [6, 6.07) is 7.69. The molecule has 0 aliphatic carbocycles. The molecule has 1 N–H and O–H groups in total. The molecule has 0 aromatic heterocycles. The predicted octanol–water partition coefficient (Wildman–Crippen LogP) is 1.83. The summed E-state index contributed by atoms with van der Waals surface area (Å²) in [7, 11) is 0. The van der Waals surface area contributed by atoms with Crippen molar-refractivity contribution in [3.05, 3.63) is 29.8 Å². The fourth-order valence-electron chi connectivity index (χ4n) is 1.81. The van der Waals surface area contributed by atoms with Crippen LogP contribution in [0.4, 0.5) is 0 Å². The number of hydrogen-bond donors (Lipinski definition) is 1. The van der Waals surface area contributed by atoms with Gasteiger partial charge in [0, 0.05) is 13.1 Å². The Balaban J connectivity index is 2.23. The maximum Gasteiger partial charge on any atom is 0.257 e. The van der Waals surface area contributed by atoms with E-state index in [0.29, 0.717) is 6.54 Å². The van der Waals surface area contributed by atoms with E-state index in [1.807, 2.05) is 31.2 Å². The minimum atomic E-state index is -0.0737. The van der Waals surface area contributed by atoms with E-state index in [-0.39, 0.29) is 12.5 Å². The molecule has 19 heavy (non-hydrogen) atoms. The van der Waals surface area contributed by atoms with Gasteiger partial charge in [-0.15, -0.1) is 0 Å². The van der Waals surface area contributed by atoms with Gasteiger partial charge in [-0.2, -0.15) is 0 Å². The summed E-state index contributed by atoms with van der Waals surface area (Å²) in [4.78, 5) is 13.9. The summed E-state index contributed by atoms with van der Waals surface area (Å²) in [6.07, 6.45) is 0. The van der Waals surface area contributed by atoms with Crippen LogP contribution < -0.4 is 10.1 Å². The van der Waals surface area contributed by atoms with Crippen molar-refractivity contribution in [2.24, 2.45) is 0 Å². The van der Waals surface area contributed by atoms with Crippen molar-refractivity contribution in [3.63, 3.8) is 0 Å². The van der Waals surface area contributed by atoms with Gasteiger partial charge in [-0.3, -0.25) is 4.79 Å². The Morgan fingerprint density at radius 3 is 2.58 bits per heavy atom. The molecule has 0 atom stereocenters. The third-order valence-corrected chi connectivity index (χ3v) is 3.10. The fourth-order valence-corrected chi connectivity index (χ4v) is 1.81. The molecule has 0 aliphatic rings. The standard InChI is InChI=1S/C15H24N2O2/c1-4-17(5-2)11-10-16-15(18)12-19-14-9-7-6-8-13(14)3/h6-9H,4-5,10-12H2,1-3H3,(H,16,18). The first kappa shape index (κ1) is 15.5. The minimum absolute atomic E-state index is 0.0725. The Morgan fingerprint density at radius 2 is 1.95 bits per heavy atom. The Hall–Kier alpha value is -1.55. The highest BCUT2D eigenvalue weighted by Crippen LogP contribution is 2.15. The third kappa shape index (κ3) is 5.75. The van der Waals surface area contributed by atoms with Crippen LogP contribution in [0.5, 0.6) is 5.75 Å². The third-order valence-electron chi connectivity index (χ3n) is 3.10. The molecule has 1 rings (SSSR count). The molecule has 0 saturated heterocycles. The van der Waals surface area contributed by atoms with Crippen molar-refractivity contribution in [1.82, 2.24) is 10.2 Å². The van der Waals surface area contributed by atoms with Crippen LogP contribution in [-0.2, 0) is 4.79 Å². The van der Waals surface area contributed by atoms with Crippen molar-refractivity contribution in [2.75, 3.05) is 32.8 Å². The molecular formula is C15H24N2O2. The summed E-state index contributed by atoms with van der Waals surface area (Å²) >= 11 is 0. The van der Waals surface area contributed by atoms with E-state index in [9.17, 15) is 4.79 Å². The second-order valence-electron chi connectivity index (χ2n) is 4.43. The molecule has 0 fully saturated rings. The van der Waals surface area contributed by atoms with Gasteiger partial charge in [0.25, 0.3) is 5.91 Å². The van der Waals surface area contributed by atoms with E-state index in [0.717, 1.165) is 30.9 Å². The Bertz CT molecular complexity index is 389. The number of ether oxygens (including phenoxy) is 1. The van der Waals surface area contributed by atoms with Crippen LogP contribution in [-0.4, -0.2) is 43.6 Å². The molecule has 106 valence electrons. The number of carbonyl (C=O) groups excluding carboxylic acids is 1. The second-order valence-corrected chi connectivity index (χ2v) is 4.43. The number of amides is 1. The van der Waals surface area contributed by atoms with Gasteiger partial charge < -0.3 is 15.0 Å². The molecule has 0 heterocycles. The van der Waals surface area contributed by atoms with Crippen molar-refractivity contribution >= 4 is 5.91 Å². The highest BCUT2D eigenvalue weighted by atomic mass is 16.5. The van der Waals surface area contributed by atoms with Crippen molar-refractivity contribution < 1.29 is 9.53 Å². The molecule has 1 amide bonds. The quantitative estimate of drug-likeness (QED) is 0.779. The van der Waals surface area contributed by atoms with Crippen LogP contribution in [0.3, 0.4) is 0 Å². The molecule has 4 heteroatoms. The zero-order chi connectivity index (χ0) is 14.1. The second kappa shape index (κ2) is 8.53. The largest absolute Gasteiger partial charge is 0.484 e. The van der Waals surface area contributed by atoms with E-state index in [4.69, 9.17) is 4.74 Å². The van der Waals surface area contributed by atoms with Crippen molar-refractivity contribution in [3.8, 4) is 5.75 Å². The first-order chi connectivity index (χ1) is 9.17. The van der Waals surface area contributed by atoms with E-state index in [1.165, 1.54) is 0 Å². The fraction of sp³-hybridized carbons (Fsp3) is 0.533. The van der Waals surface area contributed by atoms with E-state index in [1.54, 1.807) is 0 Å². The molecule has 4 nitrogen and oxygen atoms in total. The van der Waals surface area contributed by atoms with E-state index >= 15 is 0 Å². The zero-order valence-electron chi connectivity index (χ0n) is 12.1. The van der Waals surface area contributed by atoms with Gasteiger partial charge in [0.15, 0.2) is 6.61 Å². The maximum absolute atomic E-state index is 11.6. The van der Waals surface area contributed by atoms with Crippen LogP contribution in [0.15, 0.2) is 24.3 Å². The van der Waals surface area contributed by atoms with Crippen LogP contribution in [0.25, 0.3) is 0 Å². The number of likely N-dealkylation sites (N-methyl/N-ethyl adjacent to an activating group) is 1. The number of nitrogens with zero attached hydrogens (tertiary/aromatic N) is 1. The van der Waals surface area contributed by atoms with Crippen LogP contribution in [0.1, 0.15) is 19.4 Å². The smallest absolute Gasteiger partial charge is 0.257 e. The molecule has 1 aromatic rings. The van der Waals surface area contributed by atoms with Gasteiger partial charge in [-0.05, 0) is 31.6 Å². The van der Waals surface area contributed by atoms with E-state index in [2.05, 4.69) is 24.1 Å². The average molecular weight is 264 g/mol. The summed E-state index contributed by atoms with van der Waals surface area (Å²) in [5.41, 5.74) is 1.04. The monoisotopic (exact) mass is 264 g/mol. The van der Waals surface area contributed by atoms with Crippen LogP contribution >= 0.6 is 0 Å². The number of para-hydroxylation sites is 1. The minimum Gasteiger partial charge on any atom is -0.484 e. The molecule has 0 saturated carbocycles. The Labute approximate surface area is 115 Å². The lowest BCUT2D eigenvalue weighted by Crippen LogP contribution is -2.36. The number of hydrogen-bond acceptors (Lipinski definition) is 3. The van der Waals surface area contributed by atoms with Crippen LogP contribution in [0, 0.1) is 6.92 Å². The lowest BCUT2D eigenvalue weighted by atomic mass is 10.2. The van der Waals surface area contributed by atoms with Crippen molar-refractivity contribution in [1.29, 1.82) is 0 Å². The number of benzene rings is 1. The molecule has 0 bridgehead atoms. The topological polar surface area (TPSA) is 41.6 Å². The molecule has 1 aromatic carbocycles. The highest BCUT2D eigenvalue weighted by Gasteiger charge is 2.05. The molecule has 0 spiro atoms. The number of carbonyl (C=O) groups is 1. The lowest BCUT2D eigenvalue weighted by Gasteiger charge is -2.18. The van der Waals surface area contributed by atoms with Gasteiger partial charge in [0.2, 0.25) is 0 Å². The Kier molecular flexibility index (Phi) is 6.97. The molecule has 0 unspecified atom stereocenters. The average Bonchev–Trinajstić information content (AvgIpc) is 2.43. The first-order valence-corrected chi connectivity index (χ1v) is 6.84. The number of rotatable bonds is 8. The summed E-state index contributed by atoms with van der Waals surface area (Å²) in [5.74, 6) is 0.691. The van der Waals surface area contributed by atoms with Gasteiger partial charge in [-0.1, -0.05) is 32.0 Å². The van der Waals surface area contributed by atoms with Gasteiger partial charge in [0.05, 0.1) is 0 Å². The molecule has 0 radical (unpaired) electrons. The normalized spacial score (nSPS) is 10.5. The SMILES string of the molecule is CCN(CC)CCNC(=O)COc1ccccc1C. The summed E-state index contributed by atoms with van der Waals surface area (Å²) in [5, 5.41) is 2.87. The molecular weight excluding hydrogens is 240 g/mol. The lowest BCUT2D eigenvalue weighted by molar-refractivity contribution is -0.123. The zero-order valence-corrected chi connectivity index (χ0v) is 12.1. The first-order valence-electron chi connectivity index (χ1n) is 6.84. The van der Waals surface area contributed by atoms with Gasteiger partial charge in [0.1, 0.15) is 5.75 Å². The Morgan fingerprint density at radius 1 is 1.26 bits per heavy atom. The highest BCUT2D eigenvalue weighted by molar-refractivity contribution is 5.77. The van der Waals surface area contributed by atoms with Crippen LogP contribution in [0.2, 0.25) is 0 Å². The maximum atomic E-state index is 11.6. The van der Waals surface area contributed by atoms with Gasteiger partial charge in [-0.25, -0.2) is 0 Å². The molecule has 0 aliphatic heterocycles. The summed E-state index contributed by atoms with van der Waals surface area (Å²) < 4.78 is 5.48. The van der Waals surface area contributed by atoms with E-state index < -0.39 is 0 Å².